The maximum Gasteiger partial charge on any atom is 0.247 e. The van der Waals surface area contributed by atoms with Gasteiger partial charge in [0.15, 0.2) is 0 Å². The standard InChI is InChI=1S/C28H25OSi/c1-21-13-9-11-19-25(21)27(29-30)28(23-15-5-3-6-16-23,24-17-7-4-8-18-24)26-20-12-10-14-22(26)2/h3-20,27H,1-2H3. The van der Waals surface area contributed by atoms with E-state index in [0.29, 0.717) is 0 Å². The molecule has 0 fully saturated rings. The Labute approximate surface area is 182 Å². The Morgan fingerprint density at radius 1 is 0.600 bits per heavy atom. The average molecular weight is 406 g/mol. The van der Waals surface area contributed by atoms with Crippen molar-refractivity contribution in [1.82, 2.24) is 0 Å². The third-order valence-electron chi connectivity index (χ3n) is 6.01. The first-order chi connectivity index (χ1) is 14.7. The van der Waals surface area contributed by atoms with Crippen LogP contribution in [0.2, 0.25) is 0 Å². The van der Waals surface area contributed by atoms with Crippen LogP contribution in [0.25, 0.3) is 0 Å². The molecule has 1 nitrogen and oxygen atoms in total. The zero-order valence-corrected chi connectivity index (χ0v) is 18.4. The first kappa shape index (κ1) is 20.3. The highest BCUT2D eigenvalue weighted by molar-refractivity contribution is 5.98. The molecule has 0 N–H and O–H groups in total. The Balaban J connectivity index is 2.16. The minimum Gasteiger partial charge on any atom is -0.410 e. The zero-order chi connectivity index (χ0) is 21.0. The molecule has 1 atom stereocenters. The lowest BCUT2D eigenvalue weighted by Crippen LogP contribution is -2.38. The molecule has 3 radical (unpaired) electrons. The molecule has 30 heavy (non-hydrogen) atoms. The summed E-state index contributed by atoms with van der Waals surface area (Å²) in [5, 5.41) is 0. The van der Waals surface area contributed by atoms with E-state index in [9.17, 15) is 0 Å². The van der Waals surface area contributed by atoms with E-state index >= 15 is 0 Å². The van der Waals surface area contributed by atoms with Crippen molar-refractivity contribution in [2.24, 2.45) is 0 Å². The summed E-state index contributed by atoms with van der Waals surface area (Å²) in [7, 11) is 3.50. The van der Waals surface area contributed by atoms with E-state index in [2.05, 4.69) is 134 Å². The normalized spacial score (nSPS) is 12.5. The van der Waals surface area contributed by atoms with Crippen molar-refractivity contribution in [2.75, 3.05) is 0 Å². The quantitative estimate of drug-likeness (QED) is 0.263. The number of aryl methyl sites for hydroxylation is 2. The monoisotopic (exact) mass is 405 g/mol. The molecule has 4 aromatic carbocycles. The average Bonchev–Trinajstić information content (AvgIpc) is 2.80. The largest absolute Gasteiger partial charge is 0.410 e. The maximum absolute atomic E-state index is 6.21. The van der Waals surface area contributed by atoms with Gasteiger partial charge in [0.1, 0.15) is 0 Å². The van der Waals surface area contributed by atoms with Crippen LogP contribution >= 0.6 is 0 Å². The molecular formula is C28H25OSi. The van der Waals surface area contributed by atoms with E-state index in [1.807, 2.05) is 0 Å². The van der Waals surface area contributed by atoms with Gasteiger partial charge in [0.05, 0.1) is 11.5 Å². The molecule has 0 aliphatic rings. The molecule has 0 saturated carbocycles. The lowest BCUT2D eigenvalue weighted by molar-refractivity contribution is 0.163. The van der Waals surface area contributed by atoms with Gasteiger partial charge in [-0.2, -0.15) is 0 Å². The van der Waals surface area contributed by atoms with Crippen molar-refractivity contribution >= 4 is 10.5 Å². The van der Waals surface area contributed by atoms with Crippen LogP contribution in [0.1, 0.15) is 39.5 Å². The third-order valence-corrected chi connectivity index (χ3v) is 6.25. The van der Waals surface area contributed by atoms with Gasteiger partial charge in [-0.15, -0.1) is 0 Å². The summed E-state index contributed by atoms with van der Waals surface area (Å²) < 4.78 is 6.21. The lowest BCUT2D eigenvalue weighted by atomic mass is 9.63. The molecule has 4 aromatic rings. The first-order valence-electron chi connectivity index (χ1n) is 10.2. The van der Waals surface area contributed by atoms with Gasteiger partial charge in [-0.3, -0.25) is 0 Å². The minimum absolute atomic E-state index is 0.277. The predicted molar refractivity (Wildman–Crippen MR) is 125 cm³/mol. The fourth-order valence-electron chi connectivity index (χ4n) is 4.61. The molecule has 2 heteroatoms. The van der Waals surface area contributed by atoms with E-state index in [-0.39, 0.29) is 6.10 Å². The smallest absolute Gasteiger partial charge is 0.247 e. The van der Waals surface area contributed by atoms with E-state index in [4.69, 9.17) is 4.43 Å². The van der Waals surface area contributed by atoms with Gasteiger partial charge < -0.3 is 4.43 Å². The molecular weight excluding hydrogens is 380 g/mol. The molecule has 1 unspecified atom stereocenters. The number of hydrogen-bond donors (Lipinski definition) is 0. The Morgan fingerprint density at radius 3 is 1.57 bits per heavy atom. The van der Waals surface area contributed by atoms with Crippen LogP contribution in [0.15, 0.2) is 109 Å². The second-order valence-corrected chi connectivity index (χ2v) is 7.95. The van der Waals surface area contributed by atoms with Gasteiger partial charge in [-0.05, 0) is 47.2 Å². The molecule has 0 spiro atoms. The van der Waals surface area contributed by atoms with E-state index in [0.717, 1.165) is 5.56 Å². The van der Waals surface area contributed by atoms with Crippen LogP contribution < -0.4 is 0 Å². The summed E-state index contributed by atoms with van der Waals surface area (Å²) in [6.45, 7) is 4.32. The minimum atomic E-state index is -0.540. The van der Waals surface area contributed by atoms with Crippen molar-refractivity contribution in [3.8, 4) is 0 Å². The number of hydrogen-bond acceptors (Lipinski definition) is 1. The second kappa shape index (κ2) is 8.82. The summed E-state index contributed by atoms with van der Waals surface area (Å²) >= 11 is 0. The highest BCUT2D eigenvalue weighted by atomic mass is 28.2. The van der Waals surface area contributed by atoms with Gasteiger partial charge in [0, 0.05) is 0 Å². The summed E-state index contributed by atoms with van der Waals surface area (Å²) in [4.78, 5) is 0. The molecule has 0 bridgehead atoms. The molecule has 0 aliphatic heterocycles. The van der Waals surface area contributed by atoms with Gasteiger partial charge >= 0.3 is 0 Å². The topological polar surface area (TPSA) is 9.23 Å². The van der Waals surface area contributed by atoms with Crippen molar-refractivity contribution < 1.29 is 4.43 Å². The zero-order valence-electron chi connectivity index (χ0n) is 17.4. The molecule has 0 amide bonds. The Morgan fingerprint density at radius 2 is 1.07 bits per heavy atom. The summed E-state index contributed by atoms with van der Waals surface area (Å²) in [5.41, 5.74) is 6.66. The van der Waals surface area contributed by atoms with Crippen molar-refractivity contribution in [3.63, 3.8) is 0 Å². The van der Waals surface area contributed by atoms with Crippen molar-refractivity contribution in [1.29, 1.82) is 0 Å². The molecule has 0 saturated heterocycles. The van der Waals surface area contributed by atoms with E-state index in [1.54, 1.807) is 0 Å². The van der Waals surface area contributed by atoms with Crippen LogP contribution in [0.4, 0.5) is 0 Å². The second-order valence-electron chi connectivity index (χ2n) is 7.71. The van der Waals surface area contributed by atoms with Crippen LogP contribution in [-0.2, 0) is 9.84 Å². The Kier molecular flexibility index (Phi) is 5.98. The lowest BCUT2D eigenvalue weighted by Gasteiger charge is -2.43. The molecule has 147 valence electrons. The first-order valence-corrected chi connectivity index (χ1v) is 10.7. The molecule has 4 rings (SSSR count). The van der Waals surface area contributed by atoms with Crippen LogP contribution in [-0.4, -0.2) is 10.5 Å². The van der Waals surface area contributed by atoms with Gasteiger partial charge in [-0.1, -0.05) is 109 Å². The van der Waals surface area contributed by atoms with Crippen molar-refractivity contribution in [3.05, 3.63) is 143 Å². The number of benzene rings is 4. The van der Waals surface area contributed by atoms with Gasteiger partial charge in [-0.25, -0.2) is 0 Å². The SMILES string of the molecule is Cc1ccccc1C(O[Si])C(c1ccccc1)(c1ccccc1)c1ccccc1C. The Hall–Kier alpha value is -2.94. The summed E-state index contributed by atoms with van der Waals surface area (Å²) in [6, 6.07) is 38.4. The van der Waals surface area contributed by atoms with Crippen LogP contribution in [0.3, 0.4) is 0 Å². The molecule has 0 aliphatic carbocycles. The summed E-state index contributed by atoms with van der Waals surface area (Å²) in [5.74, 6) is 0. The van der Waals surface area contributed by atoms with Crippen LogP contribution in [0, 0.1) is 13.8 Å². The number of rotatable bonds is 6. The van der Waals surface area contributed by atoms with Gasteiger partial charge in [0.25, 0.3) is 0 Å². The fraction of sp³-hybridized carbons (Fsp3) is 0.143. The predicted octanol–water partition coefficient (Wildman–Crippen LogP) is 6.48. The van der Waals surface area contributed by atoms with Crippen molar-refractivity contribution in [2.45, 2.75) is 25.4 Å². The van der Waals surface area contributed by atoms with E-state index < -0.39 is 5.41 Å². The molecule has 0 aromatic heterocycles. The Bertz CT molecular complexity index is 1070. The highest BCUT2D eigenvalue weighted by Gasteiger charge is 2.45. The maximum atomic E-state index is 6.21. The van der Waals surface area contributed by atoms with Crippen LogP contribution in [0.5, 0.6) is 0 Å². The van der Waals surface area contributed by atoms with E-state index in [1.165, 1.54) is 27.8 Å². The highest BCUT2D eigenvalue weighted by Crippen LogP contribution is 2.51. The summed E-state index contributed by atoms with van der Waals surface area (Å²) in [6.07, 6.45) is -0.277. The fourth-order valence-corrected chi connectivity index (χ4v) is 4.91. The molecule has 0 heterocycles. The van der Waals surface area contributed by atoms with Gasteiger partial charge in [0.2, 0.25) is 10.5 Å². The third kappa shape index (κ3) is 3.43.